The highest BCUT2D eigenvalue weighted by molar-refractivity contribution is 7.99. The Morgan fingerprint density at radius 2 is 2.00 bits per heavy atom. The van der Waals surface area contributed by atoms with Crippen molar-refractivity contribution in [1.82, 2.24) is 9.55 Å². The minimum absolute atomic E-state index is 0.0803. The average Bonchev–Trinajstić information content (AvgIpc) is 3.19. The molecule has 1 aromatic heterocycles. The highest BCUT2D eigenvalue weighted by Gasteiger charge is 2.22. The van der Waals surface area contributed by atoms with E-state index in [2.05, 4.69) is 11.1 Å². The van der Waals surface area contributed by atoms with E-state index >= 15 is 0 Å². The molecule has 1 aliphatic rings. The second-order valence-corrected chi connectivity index (χ2v) is 8.16. The zero-order valence-electron chi connectivity index (χ0n) is 17.0. The van der Waals surface area contributed by atoms with E-state index in [-0.39, 0.29) is 12.5 Å². The van der Waals surface area contributed by atoms with Crippen LogP contribution in [-0.2, 0) is 24.4 Å². The minimum atomic E-state index is -0.128. The normalized spacial score (nSPS) is 13.2. The Labute approximate surface area is 180 Å². The van der Waals surface area contributed by atoms with Crippen molar-refractivity contribution in [2.75, 3.05) is 24.3 Å². The topological polar surface area (TPSA) is 67.6 Å². The molecule has 1 amide bonds. The number of aliphatic hydroxyl groups is 1. The molecule has 1 N–H and O–H groups in total. The van der Waals surface area contributed by atoms with Crippen LogP contribution in [0.2, 0.25) is 0 Å². The van der Waals surface area contributed by atoms with Crippen molar-refractivity contribution in [1.29, 1.82) is 0 Å². The third-order valence-electron chi connectivity index (χ3n) is 5.20. The van der Waals surface area contributed by atoms with Crippen molar-refractivity contribution >= 4 is 23.4 Å². The number of benzene rings is 2. The van der Waals surface area contributed by atoms with Crippen LogP contribution in [0.4, 0.5) is 5.69 Å². The van der Waals surface area contributed by atoms with Gasteiger partial charge in [0.15, 0.2) is 5.16 Å². The van der Waals surface area contributed by atoms with E-state index in [1.54, 1.807) is 7.11 Å². The zero-order chi connectivity index (χ0) is 20.9. The molecule has 0 atom stereocenters. The van der Waals surface area contributed by atoms with E-state index in [4.69, 9.17) is 4.74 Å². The lowest BCUT2D eigenvalue weighted by Gasteiger charge is -2.29. The number of amides is 1. The standard InChI is InChI=1S/C23H25N3O3S/c1-29-20-10-8-17(9-11-20)13-25-14-19(15-27)24-23(25)30-16-22(28)26-12-4-6-18-5-2-3-7-21(18)26/h2-3,5,7-11,14,27H,4,6,12-13,15-16H2,1H3. The van der Waals surface area contributed by atoms with E-state index in [9.17, 15) is 9.90 Å². The van der Waals surface area contributed by atoms with E-state index in [1.165, 1.54) is 17.3 Å². The molecule has 4 rings (SSSR count). The molecule has 0 saturated heterocycles. The van der Waals surface area contributed by atoms with Crippen LogP contribution >= 0.6 is 11.8 Å². The van der Waals surface area contributed by atoms with Gasteiger partial charge in [-0.1, -0.05) is 42.1 Å². The molecule has 1 aliphatic heterocycles. The molecule has 0 fully saturated rings. The fraction of sp³-hybridized carbons (Fsp3) is 0.304. The van der Waals surface area contributed by atoms with Gasteiger partial charge in [0, 0.05) is 25.0 Å². The van der Waals surface area contributed by atoms with Crippen LogP contribution in [0.3, 0.4) is 0 Å². The Kier molecular flexibility index (Phi) is 6.40. The lowest BCUT2D eigenvalue weighted by Crippen LogP contribution is -2.36. The van der Waals surface area contributed by atoms with Crippen molar-refractivity contribution in [2.24, 2.45) is 0 Å². The second kappa shape index (κ2) is 9.36. The number of methoxy groups -OCH3 is 1. The molecule has 3 aromatic rings. The number of anilines is 1. The maximum absolute atomic E-state index is 13.0. The van der Waals surface area contributed by atoms with Gasteiger partial charge in [0.1, 0.15) is 5.75 Å². The molecule has 0 unspecified atom stereocenters. The Hall–Kier alpha value is -2.77. The van der Waals surface area contributed by atoms with Gasteiger partial charge >= 0.3 is 0 Å². The lowest BCUT2D eigenvalue weighted by molar-refractivity contribution is -0.116. The van der Waals surface area contributed by atoms with Gasteiger partial charge < -0.3 is 19.3 Å². The number of thioether (sulfide) groups is 1. The Bertz CT molecular complexity index is 1020. The Balaban J connectivity index is 1.47. The molecule has 0 aliphatic carbocycles. The number of aryl methyl sites for hydroxylation is 1. The summed E-state index contributed by atoms with van der Waals surface area (Å²) in [7, 11) is 1.64. The van der Waals surface area contributed by atoms with Gasteiger partial charge in [0.2, 0.25) is 5.91 Å². The molecule has 0 spiro atoms. The smallest absolute Gasteiger partial charge is 0.237 e. The van der Waals surface area contributed by atoms with Crippen molar-refractivity contribution in [3.05, 3.63) is 71.5 Å². The number of hydrogen-bond acceptors (Lipinski definition) is 5. The molecule has 2 aromatic carbocycles. The predicted molar refractivity (Wildman–Crippen MR) is 118 cm³/mol. The number of ether oxygens (including phenoxy) is 1. The first kappa shape index (κ1) is 20.5. The number of nitrogens with zero attached hydrogens (tertiary/aromatic N) is 3. The second-order valence-electron chi connectivity index (χ2n) is 7.22. The van der Waals surface area contributed by atoms with Crippen molar-refractivity contribution in [3.63, 3.8) is 0 Å². The number of aromatic nitrogens is 2. The van der Waals surface area contributed by atoms with Gasteiger partial charge in [-0.2, -0.15) is 0 Å². The van der Waals surface area contributed by atoms with E-state index in [0.29, 0.717) is 18.0 Å². The van der Waals surface area contributed by atoms with Crippen LogP contribution in [0, 0.1) is 0 Å². The maximum Gasteiger partial charge on any atom is 0.237 e. The van der Waals surface area contributed by atoms with Gasteiger partial charge in [-0.15, -0.1) is 0 Å². The van der Waals surface area contributed by atoms with Gasteiger partial charge in [0.05, 0.1) is 25.2 Å². The molecular weight excluding hydrogens is 398 g/mol. The first-order valence-corrected chi connectivity index (χ1v) is 11.0. The van der Waals surface area contributed by atoms with Crippen LogP contribution in [-0.4, -0.2) is 40.0 Å². The lowest BCUT2D eigenvalue weighted by atomic mass is 10.0. The Morgan fingerprint density at radius 1 is 1.20 bits per heavy atom. The first-order chi connectivity index (χ1) is 14.7. The highest BCUT2D eigenvalue weighted by atomic mass is 32.2. The number of carbonyl (C=O) groups excluding carboxylic acids is 1. The number of carbonyl (C=O) groups is 1. The molecule has 30 heavy (non-hydrogen) atoms. The number of imidazole rings is 1. The summed E-state index contributed by atoms with van der Waals surface area (Å²) in [4.78, 5) is 19.3. The van der Waals surface area contributed by atoms with Crippen LogP contribution in [0.15, 0.2) is 59.9 Å². The largest absolute Gasteiger partial charge is 0.497 e. The molecular formula is C23H25N3O3S. The SMILES string of the molecule is COc1ccc(Cn2cc(CO)nc2SCC(=O)N2CCCc3ccccc32)cc1. The summed E-state index contributed by atoms with van der Waals surface area (Å²) in [6.07, 6.45) is 3.83. The van der Waals surface area contributed by atoms with Crippen LogP contribution < -0.4 is 9.64 Å². The number of fused-ring (bicyclic) bond motifs is 1. The third-order valence-corrected chi connectivity index (χ3v) is 6.18. The summed E-state index contributed by atoms with van der Waals surface area (Å²) in [5.41, 5.74) is 3.94. The third kappa shape index (κ3) is 4.52. The van der Waals surface area contributed by atoms with E-state index < -0.39 is 0 Å². The molecule has 0 bridgehead atoms. The molecule has 156 valence electrons. The number of hydrogen-bond donors (Lipinski definition) is 1. The number of rotatable bonds is 7. The minimum Gasteiger partial charge on any atom is -0.497 e. The van der Waals surface area contributed by atoms with Crippen molar-refractivity contribution < 1.29 is 14.6 Å². The fourth-order valence-corrected chi connectivity index (χ4v) is 4.55. The first-order valence-electron chi connectivity index (χ1n) is 9.99. The molecule has 0 saturated carbocycles. The summed E-state index contributed by atoms with van der Waals surface area (Å²) in [5, 5.41) is 10.3. The van der Waals surface area contributed by atoms with Crippen molar-refractivity contribution in [2.45, 2.75) is 31.1 Å². The molecule has 6 nitrogen and oxygen atoms in total. The van der Waals surface area contributed by atoms with Crippen LogP contribution in [0.1, 0.15) is 23.2 Å². The van der Waals surface area contributed by atoms with Crippen molar-refractivity contribution in [3.8, 4) is 5.75 Å². The zero-order valence-corrected chi connectivity index (χ0v) is 17.8. The predicted octanol–water partition coefficient (Wildman–Crippen LogP) is 3.50. The fourth-order valence-electron chi connectivity index (χ4n) is 3.68. The summed E-state index contributed by atoms with van der Waals surface area (Å²) >= 11 is 1.41. The summed E-state index contributed by atoms with van der Waals surface area (Å²) in [5.74, 6) is 1.19. The van der Waals surface area contributed by atoms with Crippen LogP contribution in [0.5, 0.6) is 5.75 Å². The summed E-state index contributed by atoms with van der Waals surface area (Å²) < 4.78 is 7.20. The molecule has 7 heteroatoms. The van der Waals surface area contributed by atoms with Crippen LogP contribution in [0.25, 0.3) is 0 Å². The Morgan fingerprint density at radius 3 is 2.77 bits per heavy atom. The number of para-hydroxylation sites is 1. The van der Waals surface area contributed by atoms with Gasteiger partial charge in [-0.05, 0) is 42.2 Å². The summed E-state index contributed by atoms with van der Waals surface area (Å²) in [6, 6.07) is 16.0. The van der Waals surface area contributed by atoms with E-state index in [1.807, 2.05) is 58.1 Å². The van der Waals surface area contributed by atoms with Gasteiger partial charge in [0.25, 0.3) is 0 Å². The number of aliphatic hydroxyl groups excluding tert-OH is 1. The monoisotopic (exact) mass is 423 g/mol. The van der Waals surface area contributed by atoms with Gasteiger partial charge in [-0.3, -0.25) is 4.79 Å². The molecule has 2 heterocycles. The highest BCUT2D eigenvalue weighted by Crippen LogP contribution is 2.28. The van der Waals surface area contributed by atoms with Gasteiger partial charge in [-0.25, -0.2) is 4.98 Å². The molecule has 0 radical (unpaired) electrons. The van der Waals surface area contributed by atoms with E-state index in [0.717, 1.165) is 41.5 Å². The average molecular weight is 424 g/mol. The summed E-state index contributed by atoms with van der Waals surface area (Å²) in [6.45, 7) is 1.23. The quantitative estimate of drug-likeness (QED) is 0.589. The maximum atomic E-state index is 13.0.